The van der Waals surface area contributed by atoms with Gasteiger partial charge in [0, 0.05) is 36.2 Å². The second-order valence-corrected chi connectivity index (χ2v) is 12.6. The van der Waals surface area contributed by atoms with Crippen LogP contribution in [-0.2, 0) is 9.59 Å². The Morgan fingerprint density at radius 2 is 1.84 bits per heavy atom. The first-order chi connectivity index (χ1) is 21.0. The van der Waals surface area contributed by atoms with E-state index in [0.717, 1.165) is 35.9 Å². The predicted octanol–water partition coefficient (Wildman–Crippen LogP) is 9.14. The van der Waals surface area contributed by atoms with Gasteiger partial charge in [0.1, 0.15) is 0 Å². The van der Waals surface area contributed by atoms with E-state index in [9.17, 15) is 9.59 Å². The van der Waals surface area contributed by atoms with Crippen LogP contribution in [-0.4, -0.2) is 41.3 Å². The van der Waals surface area contributed by atoms with Gasteiger partial charge in [-0.05, 0) is 98.6 Å². The third-order valence-corrected chi connectivity index (χ3v) is 8.76. The van der Waals surface area contributed by atoms with Crippen LogP contribution in [0.4, 0.5) is 0 Å². The number of nitrogens with zero attached hydrogens (tertiary/aromatic N) is 1. The predicted molar refractivity (Wildman–Crippen MR) is 188 cm³/mol. The summed E-state index contributed by atoms with van der Waals surface area (Å²) in [5.74, 6) is 0.228. The number of benzene rings is 1. The summed E-state index contributed by atoms with van der Waals surface area (Å²) >= 11 is 0. The summed E-state index contributed by atoms with van der Waals surface area (Å²) in [6.45, 7) is 24.7. The number of aromatic amines is 1. The SMILES string of the molecule is C=C/C=C(\C=C/C)CCNC(=O)C(=O)N1CCC(c2ccc3[nH]c(C(/C=C(/C)C(C)CC)=C/C(=C)C)c(C(C)C)c3c2)CC1. The third kappa shape index (κ3) is 8.84. The van der Waals surface area contributed by atoms with Crippen molar-refractivity contribution in [2.45, 2.75) is 86.0 Å². The molecule has 236 valence electrons. The molecule has 1 saturated heterocycles. The molecule has 0 aliphatic carbocycles. The normalized spacial score (nSPS) is 16.2. The average Bonchev–Trinajstić information content (AvgIpc) is 3.39. The van der Waals surface area contributed by atoms with Crippen molar-refractivity contribution in [1.29, 1.82) is 0 Å². The maximum absolute atomic E-state index is 12.9. The van der Waals surface area contributed by atoms with Crippen molar-refractivity contribution in [2.24, 2.45) is 5.92 Å². The fourth-order valence-electron chi connectivity index (χ4n) is 6.02. The van der Waals surface area contributed by atoms with Crippen molar-refractivity contribution in [3.63, 3.8) is 0 Å². The average molecular weight is 596 g/mol. The zero-order valence-corrected chi connectivity index (χ0v) is 28.1. The van der Waals surface area contributed by atoms with Crippen molar-refractivity contribution in [1.82, 2.24) is 15.2 Å². The summed E-state index contributed by atoms with van der Waals surface area (Å²) in [5, 5.41) is 4.05. The molecule has 2 N–H and O–H groups in total. The number of aromatic nitrogens is 1. The Morgan fingerprint density at radius 3 is 2.43 bits per heavy atom. The number of carbonyl (C=O) groups excluding carboxylic acids is 2. The summed E-state index contributed by atoms with van der Waals surface area (Å²) in [7, 11) is 0. The van der Waals surface area contributed by atoms with Gasteiger partial charge in [-0.25, -0.2) is 0 Å². The maximum Gasteiger partial charge on any atom is 0.311 e. The van der Waals surface area contributed by atoms with Gasteiger partial charge in [0.2, 0.25) is 0 Å². The molecule has 1 aromatic carbocycles. The molecular formula is C39H53N3O2. The van der Waals surface area contributed by atoms with E-state index in [-0.39, 0.29) is 0 Å². The van der Waals surface area contributed by atoms with Crippen LogP contribution < -0.4 is 5.32 Å². The Labute approximate surface area is 265 Å². The second kappa shape index (κ2) is 16.3. The van der Waals surface area contributed by atoms with Gasteiger partial charge < -0.3 is 15.2 Å². The van der Waals surface area contributed by atoms with Crippen LogP contribution in [0, 0.1) is 5.92 Å². The number of piperidine rings is 1. The van der Waals surface area contributed by atoms with Crippen LogP contribution in [0.15, 0.2) is 84.5 Å². The molecular weight excluding hydrogens is 542 g/mol. The first-order valence-electron chi connectivity index (χ1n) is 16.2. The Hall–Kier alpha value is -3.86. The molecule has 1 atom stereocenters. The summed E-state index contributed by atoms with van der Waals surface area (Å²) in [5.41, 5.74) is 9.56. The van der Waals surface area contributed by atoms with E-state index >= 15 is 0 Å². The van der Waals surface area contributed by atoms with Gasteiger partial charge in [-0.2, -0.15) is 0 Å². The van der Waals surface area contributed by atoms with E-state index in [2.05, 4.69) is 88.4 Å². The minimum atomic E-state index is -0.527. The fourth-order valence-corrected chi connectivity index (χ4v) is 6.02. The van der Waals surface area contributed by atoms with Crippen LogP contribution in [0.2, 0.25) is 0 Å². The molecule has 2 aromatic rings. The van der Waals surface area contributed by atoms with Crippen molar-refractivity contribution >= 4 is 28.3 Å². The zero-order chi connectivity index (χ0) is 32.4. The Balaban J connectivity index is 1.77. The molecule has 0 spiro atoms. The maximum atomic E-state index is 12.9. The first kappa shape index (κ1) is 34.6. The largest absolute Gasteiger partial charge is 0.354 e. The van der Waals surface area contributed by atoms with E-state index in [0.29, 0.717) is 43.8 Å². The topological polar surface area (TPSA) is 65.2 Å². The number of amides is 2. The summed E-state index contributed by atoms with van der Waals surface area (Å²) in [6.07, 6.45) is 15.5. The number of hydrogen-bond donors (Lipinski definition) is 2. The van der Waals surface area contributed by atoms with Crippen molar-refractivity contribution in [2.75, 3.05) is 19.6 Å². The number of nitrogens with one attached hydrogen (secondary N) is 2. The Bertz CT molecular complexity index is 1470. The van der Waals surface area contributed by atoms with Gasteiger partial charge in [0.25, 0.3) is 0 Å². The van der Waals surface area contributed by atoms with Gasteiger partial charge in [-0.1, -0.05) is 94.5 Å². The molecule has 0 radical (unpaired) electrons. The van der Waals surface area contributed by atoms with Crippen LogP contribution in [0.3, 0.4) is 0 Å². The molecule has 1 fully saturated rings. The Morgan fingerprint density at radius 1 is 1.14 bits per heavy atom. The van der Waals surface area contributed by atoms with Crippen molar-refractivity contribution in [3.05, 3.63) is 101 Å². The molecule has 5 nitrogen and oxygen atoms in total. The highest BCUT2D eigenvalue weighted by atomic mass is 16.2. The monoisotopic (exact) mass is 595 g/mol. The molecule has 2 heterocycles. The number of carbonyl (C=O) groups is 2. The number of rotatable bonds is 12. The molecule has 1 aliphatic rings. The van der Waals surface area contributed by atoms with Crippen LogP contribution >= 0.6 is 0 Å². The van der Waals surface area contributed by atoms with E-state index < -0.39 is 11.8 Å². The fraction of sp³-hybridized carbons (Fsp3) is 0.436. The lowest BCUT2D eigenvalue weighted by atomic mass is 9.87. The first-order valence-corrected chi connectivity index (χ1v) is 16.2. The molecule has 5 heteroatoms. The highest BCUT2D eigenvalue weighted by Gasteiger charge is 2.28. The number of hydrogen-bond acceptors (Lipinski definition) is 2. The van der Waals surface area contributed by atoms with Crippen molar-refractivity contribution in [3.8, 4) is 0 Å². The van der Waals surface area contributed by atoms with Crippen LogP contribution in [0.1, 0.15) is 103 Å². The minimum Gasteiger partial charge on any atom is -0.354 e. The van der Waals surface area contributed by atoms with Gasteiger partial charge in [-0.15, -0.1) is 0 Å². The number of H-pyrrole nitrogens is 1. The zero-order valence-electron chi connectivity index (χ0n) is 28.1. The van der Waals surface area contributed by atoms with E-state index in [1.807, 2.05) is 32.1 Å². The minimum absolute atomic E-state index is 0.333. The number of fused-ring (bicyclic) bond motifs is 1. The molecule has 1 unspecified atom stereocenters. The van der Waals surface area contributed by atoms with E-state index in [1.165, 1.54) is 33.4 Å². The quantitative estimate of drug-likeness (QED) is 0.190. The van der Waals surface area contributed by atoms with Gasteiger partial charge in [0.15, 0.2) is 0 Å². The molecule has 1 aliphatic heterocycles. The lowest BCUT2D eigenvalue weighted by Gasteiger charge is -2.32. The molecule has 44 heavy (non-hydrogen) atoms. The summed E-state index contributed by atoms with van der Waals surface area (Å²) < 4.78 is 0. The molecule has 2 amide bonds. The lowest BCUT2D eigenvalue weighted by Crippen LogP contribution is -2.46. The third-order valence-electron chi connectivity index (χ3n) is 8.76. The molecule has 0 saturated carbocycles. The van der Waals surface area contributed by atoms with Gasteiger partial charge in [0.05, 0.1) is 0 Å². The number of likely N-dealkylation sites (tertiary alicyclic amines) is 1. The highest BCUT2D eigenvalue weighted by molar-refractivity contribution is 6.35. The van der Waals surface area contributed by atoms with Crippen molar-refractivity contribution < 1.29 is 9.59 Å². The second-order valence-electron chi connectivity index (χ2n) is 12.6. The van der Waals surface area contributed by atoms with Gasteiger partial charge in [-0.3, -0.25) is 9.59 Å². The van der Waals surface area contributed by atoms with Crippen LogP contribution in [0.5, 0.6) is 0 Å². The lowest BCUT2D eigenvalue weighted by molar-refractivity contribution is -0.146. The molecule has 1 aromatic heterocycles. The smallest absolute Gasteiger partial charge is 0.311 e. The molecule has 3 rings (SSSR count). The summed E-state index contributed by atoms with van der Waals surface area (Å²) in [6, 6.07) is 6.78. The number of allylic oxidation sites excluding steroid dienone is 9. The standard InChI is InChI=1S/C39H53N3O2/c1-10-13-30(14-11-2)17-20-40-38(43)39(44)42-21-18-31(19-22-42)32-15-16-35-34(25-32)36(27(6)7)37(41-35)33(23-26(4)5)24-29(9)28(8)12-3/h10-11,13-16,23-25,27-28,31,41H,1,4,12,17-22H2,2-3,5-9H3,(H,40,43)/b14-11-,29-24-,30-13+,33-23+. The summed E-state index contributed by atoms with van der Waals surface area (Å²) in [4.78, 5) is 31.0. The van der Waals surface area contributed by atoms with E-state index in [4.69, 9.17) is 0 Å². The van der Waals surface area contributed by atoms with Crippen LogP contribution in [0.25, 0.3) is 16.5 Å². The van der Waals surface area contributed by atoms with E-state index in [1.54, 1.807) is 11.0 Å². The van der Waals surface area contributed by atoms with Gasteiger partial charge >= 0.3 is 11.8 Å². The Kier molecular flexibility index (Phi) is 12.8. The molecule has 0 bridgehead atoms. The highest BCUT2D eigenvalue weighted by Crippen LogP contribution is 2.38.